The highest BCUT2D eigenvalue weighted by Gasteiger charge is 2.16. The monoisotopic (exact) mass is 407 g/mol. The molecule has 0 unspecified atom stereocenters. The average molecular weight is 408 g/mol. The summed E-state index contributed by atoms with van der Waals surface area (Å²) in [5, 5.41) is 16.0. The number of nitrogens with one attached hydrogen (secondary N) is 2. The van der Waals surface area contributed by atoms with Gasteiger partial charge in [0, 0.05) is 10.0 Å². The van der Waals surface area contributed by atoms with Crippen molar-refractivity contribution >= 4 is 33.1 Å². The number of hydrogen-bond donors (Lipinski definition) is 2. The van der Waals surface area contributed by atoms with Crippen LogP contribution in [-0.4, -0.2) is 21.7 Å². The Morgan fingerprint density at radius 1 is 1.19 bits per heavy atom. The van der Waals surface area contributed by atoms with Crippen molar-refractivity contribution in [3.63, 3.8) is 0 Å². The van der Waals surface area contributed by atoms with Crippen LogP contribution < -0.4 is 10.1 Å². The Hall–Kier alpha value is -3.24. The Morgan fingerprint density at radius 2 is 1.96 bits per heavy atom. The molecule has 7 heteroatoms. The number of para-hydroxylation sites is 1. The van der Waals surface area contributed by atoms with Crippen molar-refractivity contribution in [1.29, 1.82) is 5.26 Å². The minimum Gasteiger partial charge on any atom is -0.497 e. The van der Waals surface area contributed by atoms with Crippen LogP contribution in [0.15, 0.2) is 59.2 Å². The molecule has 0 atom stereocenters. The van der Waals surface area contributed by atoms with E-state index in [1.54, 1.807) is 11.6 Å². The van der Waals surface area contributed by atoms with Gasteiger partial charge in [0.1, 0.15) is 23.2 Å². The molecule has 6 nitrogen and oxygen atoms in total. The van der Waals surface area contributed by atoms with Gasteiger partial charge in [-0.3, -0.25) is 5.10 Å². The molecule has 26 heavy (non-hydrogen) atoms. The van der Waals surface area contributed by atoms with Crippen LogP contribution in [-0.2, 0) is 0 Å². The summed E-state index contributed by atoms with van der Waals surface area (Å²) in [7, 11) is 1.63. The van der Waals surface area contributed by atoms with Crippen molar-refractivity contribution in [2.75, 3.05) is 12.4 Å². The number of rotatable bonds is 4. The summed E-state index contributed by atoms with van der Waals surface area (Å²) in [6.07, 6.45) is 1.86. The van der Waals surface area contributed by atoms with E-state index >= 15 is 0 Å². The molecule has 0 saturated heterocycles. The molecule has 2 heterocycles. The highest BCUT2D eigenvalue weighted by molar-refractivity contribution is 9.10. The summed E-state index contributed by atoms with van der Waals surface area (Å²) in [6.45, 7) is 0. The Labute approximate surface area is 158 Å². The lowest BCUT2D eigenvalue weighted by Gasteiger charge is -2.06. The summed E-state index contributed by atoms with van der Waals surface area (Å²) < 4.78 is 7.84. The van der Waals surface area contributed by atoms with Crippen LogP contribution in [0.1, 0.15) is 5.56 Å². The lowest BCUT2D eigenvalue weighted by atomic mass is 10.2. The first-order valence-corrected chi connectivity index (χ1v) is 8.66. The number of ether oxygens (including phenoxy) is 1. The second-order valence-electron chi connectivity index (χ2n) is 5.63. The van der Waals surface area contributed by atoms with E-state index in [4.69, 9.17) is 4.74 Å². The molecule has 0 aliphatic rings. The topological polar surface area (TPSA) is 78.1 Å². The fourth-order valence-electron chi connectivity index (χ4n) is 2.72. The second-order valence-corrected chi connectivity index (χ2v) is 6.48. The fraction of sp³-hybridized carbons (Fsp3) is 0.0526. The molecule has 0 saturated carbocycles. The van der Waals surface area contributed by atoms with Gasteiger partial charge in [0.15, 0.2) is 5.65 Å². The molecule has 2 aromatic heterocycles. The SMILES string of the molecule is COc1ccc(-c2cn3[nH]c(Nc4ccccc4Br)c(C#N)c3n2)cc1. The third-order valence-electron chi connectivity index (χ3n) is 4.04. The third kappa shape index (κ3) is 2.80. The van der Waals surface area contributed by atoms with Gasteiger partial charge in [-0.2, -0.15) is 5.26 Å². The summed E-state index contributed by atoms with van der Waals surface area (Å²) in [5.41, 5.74) is 3.63. The molecule has 0 aliphatic heterocycles. The number of benzene rings is 2. The maximum Gasteiger partial charge on any atom is 0.173 e. The summed E-state index contributed by atoms with van der Waals surface area (Å²) in [4.78, 5) is 4.61. The zero-order valence-corrected chi connectivity index (χ0v) is 15.4. The van der Waals surface area contributed by atoms with Crippen LogP contribution in [0.4, 0.5) is 11.5 Å². The molecule has 0 aliphatic carbocycles. The lowest BCUT2D eigenvalue weighted by molar-refractivity contribution is 0.415. The fourth-order valence-corrected chi connectivity index (χ4v) is 3.11. The van der Waals surface area contributed by atoms with Gasteiger partial charge in [-0.25, -0.2) is 9.50 Å². The predicted octanol–water partition coefficient (Wildman–Crippen LogP) is 4.72. The summed E-state index contributed by atoms with van der Waals surface area (Å²) >= 11 is 3.50. The van der Waals surface area contributed by atoms with Crippen molar-refractivity contribution in [1.82, 2.24) is 14.6 Å². The van der Waals surface area contributed by atoms with Gasteiger partial charge in [0.2, 0.25) is 0 Å². The standard InChI is InChI=1S/C19H14BrN5O/c1-26-13-8-6-12(7-9-13)17-11-25-19(23-17)14(10-21)18(24-25)22-16-5-3-2-4-15(16)20/h2-9,11,22,24H,1H3. The number of nitriles is 1. The van der Waals surface area contributed by atoms with Gasteiger partial charge in [0.25, 0.3) is 0 Å². The van der Waals surface area contributed by atoms with Crippen molar-refractivity contribution in [3.8, 4) is 23.1 Å². The number of anilines is 2. The van der Waals surface area contributed by atoms with Crippen LogP contribution in [0.2, 0.25) is 0 Å². The van der Waals surface area contributed by atoms with Gasteiger partial charge < -0.3 is 10.1 Å². The Kier molecular flexibility index (Phi) is 4.11. The molecular weight excluding hydrogens is 394 g/mol. The zero-order valence-electron chi connectivity index (χ0n) is 13.8. The van der Waals surface area contributed by atoms with Crippen molar-refractivity contribution in [2.24, 2.45) is 0 Å². The Balaban J connectivity index is 1.73. The number of methoxy groups -OCH3 is 1. The quantitative estimate of drug-likeness (QED) is 0.513. The van der Waals surface area contributed by atoms with Crippen LogP contribution in [0.3, 0.4) is 0 Å². The minimum atomic E-state index is 0.459. The first-order chi connectivity index (χ1) is 12.7. The van der Waals surface area contributed by atoms with Crippen LogP contribution in [0, 0.1) is 11.3 Å². The third-order valence-corrected chi connectivity index (χ3v) is 4.73. The first-order valence-electron chi connectivity index (χ1n) is 7.86. The molecule has 0 amide bonds. The number of aromatic nitrogens is 3. The lowest BCUT2D eigenvalue weighted by Crippen LogP contribution is -1.94. The molecule has 0 spiro atoms. The van der Waals surface area contributed by atoms with Gasteiger partial charge in [-0.15, -0.1) is 0 Å². The molecule has 0 fully saturated rings. The van der Waals surface area contributed by atoms with E-state index in [9.17, 15) is 5.26 Å². The van der Waals surface area contributed by atoms with Crippen LogP contribution in [0.25, 0.3) is 16.9 Å². The molecule has 0 bridgehead atoms. The first kappa shape index (κ1) is 16.2. The number of H-pyrrole nitrogens is 1. The van der Waals surface area contributed by atoms with Crippen LogP contribution in [0.5, 0.6) is 5.75 Å². The molecule has 4 rings (SSSR count). The van der Waals surface area contributed by atoms with Crippen molar-refractivity contribution < 1.29 is 4.74 Å². The molecule has 0 radical (unpaired) electrons. The smallest absolute Gasteiger partial charge is 0.173 e. The van der Waals surface area contributed by atoms with Gasteiger partial charge >= 0.3 is 0 Å². The summed E-state index contributed by atoms with van der Waals surface area (Å²) in [6, 6.07) is 17.6. The van der Waals surface area contributed by atoms with Gasteiger partial charge in [-0.05, 0) is 52.3 Å². The van der Waals surface area contributed by atoms with Crippen molar-refractivity contribution in [2.45, 2.75) is 0 Å². The molecular formula is C19H14BrN5O. The van der Waals surface area contributed by atoms with E-state index in [0.29, 0.717) is 17.0 Å². The van der Waals surface area contributed by atoms with E-state index in [-0.39, 0.29) is 0 Å². The maximum absolute atomic E-state index is 9.61. The average Bonchev–Trinajstić information content (AvgIpc) is 3.21. The number of aromatic amines is 1. The number of halogens is 1. The van der Waals surface area contributed by atoms with E-state index in [2.05, 4.69) is 37.4 Å². The molecule has 2 aromatic carbocycles. The van der Waals surface area contributed by atoms with Gasteiger partial charge in [0.05, 0.1) is 24.7 Å². The second kappa shape index (κ2) is 6.58. The maximum atomic E-state index is 9.61. The van der Waals surface area contributed by atoms with Crippen molar-refractivity contribution in [3.05, 3.63) is 64.8 Å². The number of hydrogen-bond acceptors (Lipinski definition) is 4. The normalized spacial score (nSPS) is 10.7. The number of fused-ring (bicyclic) bond motifs is 1. The summed E-state index contributed by atoms with van der Waals surface area (Å²) in [5.74, 6) is 1.39. The van der Waals surface area contributed by atoms with E-state index < -0.39 is 0 Å². The largest absolute Gasteiger partial charge is 0.497 e. The highest BCUT2D eigenvalue weighted by Crippen LogP contribution is 2.29. The Bertz CT molecular complexity index is 1120. The van der Waals surface area contributed by atoms with E-state index in [1.807, 2.05) is 54.7 Å². The van der Waals surface area contributed by atoms with E-state index in [0.717, 1.165) is 27.2 Å². The minimum absolute atomic E-state index is 0.459. The zero-order chi connectivity index (χ0) is 18.1. The van der Waals surface area contributed by atoms with Crippen LogP contribution >= 0.6 is 15.9 Å². The molecule has 4 aromatic rings. The number of nitrogens with zero attached hydrogens (tertiary/aromatic N) is 3. The highest BCUT2D eigenvalue weighted by atomic mass is 79.9. The molecule has 128 valence electrons. The number of imidazole rings is 1. The van der Waals surface area contributed by atoms with Gasteiger partial charge in [-0.1, -0.05) is 12.1 Å². The predicted molar refractivity (Wildman–Crippen MR) is 104 cm³/mol. The van der Waals surface area contributed by atoms with E-state index in [1.165, 1.54) is 0 Å². The Morgan fingerprint density at radius 3 is 2.65 bits per heavy atom. The molecule has 2 N–H and O–H groups in total.